The Morgan fingerprint density at radius 1 is 1.33 bits per heavy atom. The van der Waals surface area contributed by atoms with Gasteiger partial charge in [-0.3, -0.25) is 0 Å². The van der Waals surface area contributed by atoms with Crippen LogP contribution >= 0.6 is 15.9 Å². The fraction of sp³-hybridized carbons (Fsp3) is 0.357. The third kappa shape index (κ3) is 2.82. The second-order valence-corrected chi connectivity index (χ2v) is 5.73. The van der Waals surface area contributed by atoms with E-state index in [0.29, 0.717) is 5.92 Å². The average Bonchev–Trinajstić information content (AvgIpc) is 2.77. The van der Waals surface area contributed by atoms with Gasteiger partial charge in [-0.2, -0.15) is 0 Å². The Balaban J connectivity index is 2.36. The van der Waals surface area contributed by atoms with Gasteiger partial charge in [0.2, 0.25) is 0 Å². The summed E-state index contributed by atoms with van der Waals surface area (Å²) in [6, 6.07) is 8.10. The molecule has 1 aromatic carbocycles. The summed E-state index contributed by atoms with van der Waals surface area (Å²) >= 11 is 3.56. The molecule has 1 aromatic heterocycles. The van der Waals surface area contributed by atoms with Gasteiger partial charge in [-0.05, 0) is 40.4 Å². The lowest BCUT2D eigenvalue weighted by Gasteiger charge is -2.17. The minimum Gasteiger partial charge on any atom is -0.323 e. The van der Waals surface area contributed by atoms with E-state index >= 15 is 0 Å². The van der Waals surface area contributed by atoms with Gasteiger partial charge in [-0.1, -0.05) is 26.0 Å². The lowest BCUT2D eigenvalue weighted by molar-refractivity contribution is 0.498. The number of nitrogens with zero attached hydrogens (tertiary/aromatic N) is 2. The molecule has 0 radical (unpaired) electrons. The van der Waals surface area contributed by atoms with Crippen molar-refractivity contribution in [2.24, 2.45) is 11.7 Å². The van der Waals surface area contributed by atoms with E-state index in [0.717, 1.165) is 22.3 Å². The van der Waals surface area contributed by atoms with E-state index in [1.165, 1.54) is 0 Å². The van der Waals surface area contributed by atoms with Gasteiger partial charge in [0, 0.05) is 10.5 Å². The van der Waals surface area contributed by atoms with Crippen LogP contribution in [-0.2, 0) is 0 Å². The highest BCUT2D eigenvalue weighted by molar-refractivity contribution is 9.10. The van der Waals surface area contributed by atoms with Crippen LogP contribution in [0.1, 0.15) is 32.0 Å². The van der Waals surface area contributed by atoms with Gasteiger partial charge >= 0.3 is 0 Å². The van der Waals surface area contributed by atoms with Crippen LogP contribution in [0.25, 0.3) is 5.69 Å². The number of benzene rings is 1. The smallest absolute Gasteiger partial charge is 0.0995 e. The zero-order chi connectivity index (χ0) is 13.1. The molecule has 0 aliphatic rings. The predicted octanol–water partition coefficient (Wildman–Crippen LogP) is 3.68. The highest BCUT2D eigenvalue weighted by atomic mass is 79.9. The van der Waals surface area contributed by atoms with Gasteiger partial charge in [-0.15, -0.1) is 0 Å². The van der Waals surface area contributed by atoms with Crippen molar-refractivity contribution in [1.82, 2.24) is 9.55 Å². The van der Waals surface area contributed by atoms with Crippen LogP contribution < -0.4 is 5.73 Å². The number of imidazole rings is 1. The summed E-state index contributed by atoms with van der Waals surface area (Å²) in [6.45, 7) is 4.36. The Morgan fingerprint density at radius 2 is 2.06 bits per heavy atom. The largest absolute Gasteiger partial charge is 0.323 e. The summed E-state index contributed by atoms with van der Waals surface area (Å²) in [6.07, 6.45) is 4.62. The van der Waals surface area contributed by atoms with Gasteiger partial charge in [0.25, 0.3) is 0 Å². The minimum absolute atomic E-state index is 0.0135. The molecule has 2 aromatic rings. The van der Waals surface area contributed by atoms with E-state index in [1.807, 2.05) is 30.7 Å². The average molecular weight is 308 g/mol. The molecule has 4 heteroatoms. The molecule has 1 unspecified atom stereocenters. The first-order chi connectivity index (χ1) is 8.59. The third-order valence-electron chi connectivity index (χ3n) is 2.88. The summed E-state index contributed by atoms with van der Waals surface area (Å²) in [7, 11) is 0. The number of halogens is 1. The Morgan fingerprint density at radius 3 is 2.72 bits per heavy atom. The maximum Gasteiger partial charge on any atom is 0.0995 e. The van der Waals surface area contributed by atoms with Crippen molar-refractivity contribution in [3.63, 3.8) is 0 Å². The van der Waals surface area contributed by atoms with Crippen LogP contribution in [0.2, 0.25) is 0 Å². The van der Waals surface area contributed by atoms with Crippen LogP contribution in [0.15, 0.2) is 41.3 Å². The molecule has 0 aliphatic heterocycles. The zero-order valence-electron chi connectivity index (χ0n) is 10.7. The normalized spacial score (nSPS) is 12.9. The van der Waals surface area contributed by atoms with E-state index in [2.05, 4.69) is 45.4 Å². The van der Waals surface area contributed by atoms with Crippen LogP contribution in [0.4, 0.5) is 0 Å². The van der Waals surface area contributed by atoms with Crippen molar-refractivity contribution >= 4 is 15.9 Å². The first kappa shape index (κ1) is 13.3. The molecule has 1 heterocycles. The van der Waals surface area contributed by atoms with Crippen molar-refractivity contribution in [3.8, 4) is 5.69 Å². The maximum atomic E-state index is 6.25. The molecule has 0 saturated heterocycles. The molecule has 1 atom stereocenters. The Labute approximate surface area is 116 Å². The summed E-state index contributed by atoms with van der Waals surface area (Å²) in [4.78, 5) is 4.23. The molecular formula is C14H18BrN3. The van der Waals surface area contributed by atoms with Crippen LogP contribution in [-0.4, -0.2) is 9.55 Å². The SMILES string of the molecule is CC(C)CC(N)c1cncn1-c1ccccc1Br. The second kappa shape index (κ2) is 5.67. The van der Waals surface area contributed by atoms with Gasteiger partial charge < -0.3 is 10.3 Å². The molecule has 0 aliphatic carbocycles. The Hall–Kier alpha value is -1.13. The molecule has 0 spiro atoms. The van der Waals surface area contributed by atoms with Crippen LogP contribution in [0.5, 0.6) is 0 Å². The second-order valence-electron chi connectivity index (χ2n) is 4.88. The van der Waals surface area contributed by atoms with Gasteiger partial charge in [0.05, 0.1) is 23.9 Å². The van der Waals surface area contributed by atoms with Crippen molar-refractivity contribution in [3.05, 3.63) is 47.0 Å². The molecule has 0 bridgehead atoms. The minimum atomic E-state index is 0.0135. The monoisotopic (exact) mass is 307 g/mol. The summed E-state index contributed by atoms with van der Waals surface area (Å²) in [5.74, 6) is 0.572. The Bertz CT molecular complexity index is 519. The fourth-order valence-corrected chi connectivity index (χ4v) is 2.53. The molecule has 2 rings (SSSR count). The first-order valence-corrected chi connectivity index (χ1v) is 6.91. The molecule has 18 heavy (non-hydrogen) atoms. The highest BCUT2D eigenvalue weighted by Gasteiger charge is 2.15. The predicted molar refractivity (Wildman–Crippen MR) is 77.6 cm³/mol. The van der Waals surface area contributed by atoms with Crippen molar-refractivity contribution in [1.29, 1.82) is 0 Å². The quantitative estimate of drug-likeness (QED) is 0.936. The van der Waals surface area contributed by atoms with Crippen LogP contribution in [0.3, 0.4) is 0 Å². The van der Waals surface area contributed by atoms with E-state index in [9.17, 15) is 0 Å². The van der Waals surface area contributed by atoms with Crippen LogP contribution in [0, 0.1) is 5.92 Å². The number of hydrogen-bond donors (Lipinski definition) is 1. The standard InChI is InChI=1S/C14H18BrN3/c1-10(2)7-12(16)14-8-17-9-18(14)13-6-4-3-5-11(13)15/h3-6,8-10,12H,7,16H2,1-2H3. The zero-order valence-corrected chi connectivity index (χ0v) is 12.3. The van der Waals surface area contributed by atoms with Crippen molar-refractivity contribution in [2.75, 3.05) is 0 Å². The Kier molecular flexibility index (Phi) is 4.19. The summed E-state index contributed by atoms with van der Waals surface area (Å²) < 4.78 is 3.10. The van der Waals surface area contributed by atoms with Gasteiger partial charge in [0.15, 0.2) is 0 Å². The molecule has 0 amide bonds. The van der Waals surface area contributed by atoms with E-state index < -0.39 is 0 Å². The molecular weight excluding hydrogens is 290 g/mol. The van der Waals surface area contributed by atoms with Crippen molar-refractivity contribution < 1.29 is 0 Å². The lowest BCUT2D eigenvalue weighted by Crippen LogP contribution is -2.16. The number of rotatable bonds is 4. The topological polar surface area (TPSA) is 43.8 Å². The number of nitrogens with two attached hydrogens (primary N) is 1. The van der Waals surface area contributed by atoms with E-state index in [4.69, 9.17) is 5.73 Å². The first-order valence-electron chi connectivity index (χ1n) is 6.12. The molecule has 3 nitrogen and oxygen atoms in total. The molecule has 0 saturated carbocycles. The fourth-order valence-electron chi connectivity index (χ4n) is 2.06. The summed E-state index contributed by atoms with van der Waals surface area (Å²) in [5.41, 5.74) is 8.38. The number of hydrogen-bond acceptors (Lipinski definition) is 2. The van der Waals surface area contributed by atoms with Gasteiger partial charge in [-0.25, -0.2) is 4.98 Å². The maximum absolute atomic E-state index is 6.25. The van der Waals surface area contributed by atoms with Crippen molar-refractivity contribution in [2.45, 2.75) is 26.3 Å². The number of aromatic nitrogens is 2. The molecule has 96 valence electrons. The summed E-state index contributed by atoms with van der Waals surface area (Å²) in [5, 5.41) is 0. The lowest BCUT2D eigenvalue weighted by atomic mass is 10.0. The van der Waals surface area contributed by atoms with Gasteiger partial charge in [0.1, 0.15) is 0 Å². The highest BCUT2D eigenvalue weighted by Crippen LogP contribution is 2.25. The third-order valence-corrected chi connectivity index (χ3v) is 3.55. The molecule has 0 fully saturated rings. The number of para-hydroxylation sites is 1. The van der Waals surface area contributed by atoms with E-state index in [1.54, 1.807) is 0 Å². The van der Waals surface area contributed by atoms with E-state index in [-0.39, 0.29) is 6.04 Å². The molecule has 2 N–H and O–H groups in total.